The Labute approximate surface area is 162 Å². The van der Waals surface area contributed by atoms with Crippen LogP contribution in [0.2, 0.25) is 0 Å². The van der Waals surface area contributed by atoms with E-state index in [0.29, 0.717) is 24.9 Å². The van der Waals surface area contributed by atoms with E-state index in [2.05, 4.69) is 25.9 Å². The van der Waals surface area contributed by atoms with Gasteiger partial charge in [0.05, 0.1) is 19.2 Å². The van der Waals surface area contributed by atoms with Crippen LogP contribution >= 0.6 is 0 Å². The monoisotopic (exact) mass is 369 g/mol. The molecule has 1 fully saturated rings. The molecule has 1 saturated carbocycles. The van der Waals surface area contributed by atoms with Crippen LogP contribution in [0, 0.1) is 19.8 Å². The smallest absolute Gasteiger partial charge is 0.227 e. The summed E-state index contributed by atoms with van der Waals surface area (Å²) in [6, 6.07) is 8.37. The van der Waals surface area contributed by atoms with Gasteiger partial charge in [0.15, 0.2) is 0 Å². The standard InChI is InChI=1S/C22H31N3O2/c1-15(2)13-25-17(4)21(16(3)23-25)12-22(26)24(19-8-9-19)14-18-6-10-20(27-5)11-7-18/h6-7,10-11,15,19H,8-9,12-14H2,1-5H3. The van der Waals surface area contributed by atoms with Crippen LogP contribution in [0.3, 0.4) is 0 Å². The Morgan fingerprint density at radius 2 is 1.93 bits per heavy atom. The van der Waals surface area contributed by atoms with Gasteiger partial charge in [-0.15, -0.1) is 0 Å². The van der Waals surface area contributed by atoms with Gasteiger partial charge < -0.3 is 9.64 Å². The number of amides is 1. The molecule has 0 saturated heterocycles. The van der Waals surface area contributed by atoms with Crippen molar-refractivity contribution in [2.24, 2.45) is 5.92 Å². The molecule has 1 amide bonds. The number of carbonyl (C=O) groups is 1. The van der Waals surface area contributed by atoms with Gasteiger partial charge in [-0.3, -0.25) is 9.48 Å². The fraction of sp³-hybridized carbons (Fsp3) is 0.545. The molecule has 1 aromatic heterocycles. The number of carbonyl (C=O) groups excluding carboxylic acids is 1. The highest BCUT2D eigenvalue weighted by Gasteiger charge is 2.33. The van der Waals surface area contributed by atoms with Crippen molar-refractivity contribution in [3.8, 4) is 5.75 Å². The van der Waals surface area contributed by atoms with Crippen molar-refractivity contribution < 1.29 is 9.53 Å². The van der Waals surface area contributed by atoms with Gasteiger partial charge in [0.2, 0.25) is 5.91 Å². The number of benzene rings is 1. The first-order chi connectivity index (χ1) is 12.9. The summed E-state index contributed by atoms with van der Waals surface area (Å²) in [5.74, 6) is 1.57. The fourth-order valence-corrected chi connectivity index (χ4v) is 3.50. The number of aryl methyl sites for hydroxylation is 1. The highest BCUT2D eigenvalue weighted by molar-refractivity contribution is 5.80. The van der Waals surface area contributed by atoms with Crippen molar-refractivity contribution in [2.75, 3.05) is 7.11 Å². The molecule has 3 rings (SSSR count). The van der Waals surface area contributed by atoms with Crippen molar-refractivity contribution >= 4 is 5.91 Å². The van der Waals surface area contributed by atoms with Crippen molar-refractivity contribution in [3.63, 3.8) is 0 Å². The molecule has 0 bridgehead atoms. The van der Waals surface area contributed by atoms with Crippen molar-refractivity contribution in [2.45, 2.75) is 66.1 Å². The van der Waals surface area contributed by atoms with Crippen molar-refractivity contribution in [1.82, 2.24) is 14.7 Å². The lowest BCUT2D eigenvalue weighted by Crippen LogP contribution is -2.34. The van der Waals surface area contributed by atoms with E-state index in [4.69, 9.17) is 4.74 Å². The van der Waals surface area contributed by atoms with Crippen LogP contribution in [-0.4, -0.2) is 33.7 Å². The third-order valence-corrected chi connectivity index (χ3v) is 5.22. The average molecular weight is 370 g/mol. The fourth-order valence-electron chi connectivity index (χ4n) is 3.50. The predicted molar refractivity (Wildman–Crippen MR) is 107 cm³/mol. The second-order valence-electron chi connectivity index (χ2n) is 8.00. The summed E-state index contributed by atoms with van der Waals surface area (Å²) >= 11 is 0. The van der Waals surface area contributed by atoms with E-state index in [-0.39, 0.29) is 5.91 Å². The summed E-state index contributed by atoms with van der Waals surface area (Å²) in [7, 11) is 1.67. The molecular formula is C22H31N3O2. The first-order valence-electron chi connectivity index (χ1n) is 9.84. The molecule has 1 aliphatic rings. The van der Waals surface area contributed by atoms with Gasteiger partial charge in [-0.2, -0.15) is 5.10 Å². The van der Waals surface area contributed by atoms with E-state index < -0.39 is 0 Å². The van der Waals surface area contributed by atoms with Gasteiger partial charge in [0.1, 0.15) is 5.75 Å². The van der Waals surface area contributed by atoms with Crippen LogP contribution in [-0.2, 0) is 24.3 Å². The van der Waals surface area contributed by atoms with Crippen LogP contribution in [0.25, 0.3) is 0 Å². The van der Waals surface area contributed by atoms with Gasteiger partial charge in [0, 0.05) is 30.4 Å². The summed E-state index contributed by atoms with van der Waals surface area (Å²) < 4.78 is 7.28. The zero-order valence-electron chi connectivity index (χ0n) is 17.2. The minimum absolute atomic E-state index is 0.198. The molecule has 0 atom stereocenters. The van der Waals surface area contributed by atoms with Gasteiger partial charge in [-0.25, -0.2) is 0 Å². The van der Waals surface area contributed by atoms with E-state index >= 15 is 0 Å². The summed E-state index contributed by atoms with van der Waals surface area (Å²) in [5.41, 5.74) is 4.32. The number of hydrogen-bond donors (Lipinski definition) is 0. The molecule has 5 nitrogen and oxygen atoms in total. The Morgan fingerprint density at radius 1 is 1.26 bits per heavy atom. The molecule has 2 aromatic rings. The lowest BCUT2D eigenvalue weighted by molar-refractivity contribution is -0.131. The maximum Gasteiger partial charge on any atom is 0.227 e. The molecule has 0 spiro atoms. The van der Waals surface area contributed by atoms with Crippen LogP contribution < -0.4 is 4.74 Å². The maximum absolute atomic E-state index is 13.1. The lowest BCUT2D eigenvalue weighted by atomic mass is 10.1. The number of hydrogen-bond acceptors (Lipinski definition) is 3. The van der Waals surface area contributed by atoms with Crippen LogP contribution in [0.15, 0.2) is 24.3 Å². The van der Waals surface area contributed by atoms with E-state index in [1.165, 1.54) is 0 Å². The lowest BCUT2D eigenvalue weighted by Gasteiger charge is -2.23. The number of rotatable bonds is 8. The summed E-state index contributed by atoms with van der Waals surface area (Å²) in [6.07, 6.45) is 2.64. The van der Waals surface area contributed by atoms with Crippen LogP contribution in [0.4, 0.5) is 0 Å². The number of methoxy groups -OCH3 is 1. The Morgan fingerprint density at radius 3 is 2.48 bits per heavy atom. The van der Waals surface area contributed by atoms with Gasteiger partial charge in [-0.1, -0.05) is 26.0 Å². The normalized spacial score (nSPS) is 13.9. The van der Waals surface area contributed by atoms with Gasteiger partial charge in [-0.05, 0) is 50.3 Å². The number of aromatic nitrogens is 2. The van der Waals surface area contributed by atoms with Gasteiger partial charge in [0.25, 0.3) is 0 Å². The summed E-state index contributed by atoms with van der Waals surface area (Å²) in [5, 5.41) is 4.66. The Balaban J connectivity index is 1.73. The highest BCUT2D eigenvalue weighted by Crippen LogP contribution is 2.30. The molecule has 1 aromatic carbocycles. The van der Waals surface area contributed by atoms with Gasteiger partial charge >= 0.3 is 0 Å². The van der Waals surface area contributed by atoms with Crippen LogP contribution in [0.1, 0.15) is 49.2 Å². The SMILES string of the molecule is COc1ccc(CN(C(=O)Cc2c(C)nn(CC(C)C)c2C)C2CC2)cc1. The average Bonchev–Trinajstić information content (AvgIpc) is 3.44. The molecule has 1 heterocycles. The van der Waals surface area contributed by atoms with Crippen molar-refractivity contribution in [1.29, 1.82) is 0 Å². The largest absolute Gasteiger partial charge is 0.497 e. The Hall–Kier alpha value is -2.30. The van der Waals surface area contributed by atoms with E-state index in [9.17, 15) is 4.79 Å². The first-order valence-corrected chi connectivity index (χ1v) is 9.84. The molecule has 0 unspecified atom stereocenters. The summed E-state index contributed by atoms with van der Waals surface area (Å²) in [4.78, 5) is 15.2. The molecular weight excluding hydrogens is 338 g/mol. The zero-order valence-corrected chi connectivity index (χ0v) is 17.2. The topological polar surface area (TPSA) is 47.4 Å². The second kappa shape index (κ2) is 8.15. The quantitative estimate of drug-likeness (QED) is 0.709. The predicted octanol–water partition coefficient (Wildman–Crippen LogP) is 3.90. The third-order valence-electron chi connectivity index (χ3n) is 5.22. The number of nitrogens with zero attached hydrogens (tertiary/aromatic N) is 3. The minimum Gasteiger partial charge on any atom is -0.497 e. The van der Waals surface area contributed by atoms with E-state index in [0.717, 1.165) is 47.7 Å². The number of ether oxygens (including phenoxy) is 1. The molecule has 5 heteroatoms. The highest BCUT2D eigenvalue weighted by atomic mass is 16.5. The molecule has 146 valence electrons. The zero-order chi connectivity index (χ0) is 19.6. The summed E-state index contributed by atoms with van der Waals surface area (Å²) in [6.45, 7) is 10.0. The third kappa shape index (κ3) is 4.71. The molecule has 0 N–H and O–H groups in total. The molecule has 0 radical (unpaired) electrons. The molecule has 27 heavy (non-hydrogen) atoms. The maximum atomic E-state index is 13.1. The Kier molecular flexibility index (Phi) is 5.88. The first kappa shape index (κ1) is 19.5. The van der Waals surface area contributed by atoms with E-state index in [1.54, 1.807) is 7.11 Å². The Bertz CT molecular complexity index is 789. The second-order valence-corrected chi connectivity index (χ2v) is 8.00. The van der Waals surface area contributed by atoms with E-state index in [1.807, 2.05) is 40.8 Å². The van der Waals surface area contributed by atoms with Crippen molar-refractivity contribution in [3.05, 3.63) is 46.8 Å². The molecule has 1 aliphatic carbocycles. The van der Waals surface area contributed by atoms with Crippen LogP contribution in [0.5, 0.6) is 5.75 Å². The molecule has 0 aliphatic heterocycles. The minimum atomic E-state index is 0.198.